The first-order valence-corrected chi connectivity index (χ1v) is 7.68. The first-order valence-electron chi connectivity index (χ1n) is 7.68. The summed E-state index contributed by atoms with van der Waals surface area (Å²) in [5.41, 5.74) is 11.0. The van der Waals surface area contributed by atoms with E-state index in [-0.39, 0.29) is 0 Å². The zero-order chi connectivity index (χ0) is 13.1. The molecule has 18 heavy (non-hydrogen) atoms. The van der Waals surface area contributed by atoms with Crippen molar-refractivity contribution in [2.45, 2.75) is 38.5 Å². The summed E-state index contributed by atoms with van der Waals surface area (Å²) in [7, 11) is 0. The highest BCUT2D eigenvalue weighted by Gasteiger charge is 2.20. The van der Waals surface area contributed by atoms with Gasteiger partial charge in [0.25, 0.3) is 0 Å². The van der Waals surface area contributed by atoms with E-state index in [9.17, 15) is 0 Å². The lowest BCUT2D eigenvalue weighted by atomic mass is 9.82. The van der Waals surface area contributed by atoms with Gasteiger partial charge in [0.05, 0.1) is 0 Å². The van der Waals surface area contributed by atoms with Crippen molar-refractivity contribution in [1.29, 1.82) is 0 Å². The van der Waals surface area contributed by atoms with Crippen LogP contribution in [0.15, 0.2) is 0 Å². The van der Waals surface area contributed by atoms with Crippen LogP contribution in [0, 0.1) is 11.8 Å². The zero-order valence-electron chi connectivity index (χ0n) is 11.8. The minimum absolute atomic E-state index is 0.800. The molecule has 0 heterocycles. The molecule has 0 spiro atoms. The van der Waals surface area contributed by atoms with Crippen LogP contribution in [-0.2, 0) is 0 Å². The Morgan fingerprint density at radius 1 is 0.722 bits per heavy atom. The van der Waals surface area contributed by atoms with Gasteiger partial charge in [-0.1, -0.05) is 0 Å². The Morgan fingerprint density at radius 2 is 1.11 bits per heavy atom. The van der Waals surface area contributed by atoms with Crippen molar-refractivity contribution < 1.29 is 0 Å². The SMILES string of the molecule is NCCCNCC1CCC(CNCCCN)CC1. The van der Waals surface area contributed by atoms with E-state index in [1.165, 1.54) is 38.8 Å². The van der Waals surface area contributed by atoms with Gasteiger partial charge >= 0.3 is 0 Å². The maximum Gasteiger partial charge on any atom is -0.00205 e. The molecule has 1 saturated carbocycles. The number of rotatable bonds is 10. The lowest BCUT2D eigenvalue weighted by Crippen LogP contribution is -2.31. The van der Waals surface area contributed by atoms with Crippen molar-refractivity contribution in [2.24, 2.45) is 23.3 Å². The second kappa shape index (κ2) is 10.7. The smallest absolute Gasteiger partial charge is 0.00205 e. The maximum absolute atomic E-state index is 5.48. The van der Waals surface area contributed by atoms with Crippen LogP contribution in [0.5, 0.6) is 0 Å². The second-order valence-electron chi connectivity index (χ2n) is 5.58. The van der Waals surface area contributed by atoms with Crippen molar-refractivity contribution in [3.63, 3.8) is 0 Å². The number of hydrogen-bond donors (Lipinski definition) is 4. The molecule has 0 atom stereocenters. The predicted molar refractivity (Wildman–Crippen MR) is 78.5 cm³/mol. The van der Waals surface area contributed by atoms with Gasteiger partial charge in [0, 0.05) is 0 Å². The summed E-state index contributed by atoms with van der Waals surface area (Å²) < 4.78 is 0. The van der Waals surface area contributed by atoms with Gasteiger partial charge in [-0.25, -0.2) is 0 Å². The number of nitrogens with two attached hydrogens (primary N) is 2. The highest BCUT2D eigenvalue weighted by atomic mass is 14.9. The highest BCUT2D eigenvalue weighted by molar-refractivity contribution is 4.75. The Hall–Kier alpha value is -0.160. The topological polar surface area (TPSA) is 76.1 Å². The van der Waals surface area contributed by atoms with E-state index in [2.05, 4.69) is 10.6 Å². The summed E-state index contributed by atoms with van der Waals surface area (Å²) in [5, 5.41) is 7.04. The third-order valence-corrected chi connectivity index (χ3v) is 3.95. The molecule has 1 rings (SSSR count). The molecule has 0 unspecified atom stereocenters. The molecule has 0 aromatic carbocycles. The average Bonchev–Trinajstić information content (AvgIpc) is 2.41. The van der Waals surface area contributed by atoms with Gasteiger partial charge in [-0.15, -0.1) is 0 Å². The third kappa shape index (κ3) is 7.31. The Morgan fingerprint density at radius 3 is 1.44 bits per heavy atom. The molecule has 4 nitrogen and oxygen atoms in total. The molecule has 0 aromatic heterocycles. The first kappa shape index (κ1) is 15.9. The second-order valence-corrected chi connectivity index (χ2v) is 5.58. The monoisotopic (exact) mass is 256 g/mol. The van der Waals surface area contributed by atoms with E-state index in [0.717, 1.165) is 50.9 Å². The largest absolute Gasteiger partial charge is 0.330 e. The van der Waals surface area contributed by atoms with Crippen LogP contribution in [-0.4, -0.2) is 39.3 Å². The third-order valence-electron chi connectivity index (χ3n) is 3.95. The fraction of sp³-hybridized carbons (Fsp3) is 1.00. The van der Waals surface area contributed by atoms with Gasteiger partial charge < -0.3 is 22.1 Å². The Balaban J connectivity index is 1.95. The Bertz CT molecular complexity index is 159. The van der Waals surface area contributed by atoms with Gasteiger partial charge in [-0.2, -0.15) is 0 Å². The minimum Gasteiger partial charge on any atom is -0.330 e. The van der Waals surface area contributed by atoms with E-state index in [0.29, 0.717) is 0 Å². The van der Waals surface area contributed by atoms with Gasteiger partial charge in [0.2, 0.25) is 0 Å². The van der Waals surface area contributed by atoms with Crippen molar-refractivity contribution in [2.75, 3.05) is 39.3 Å². The molecule has 0 radical (unpaired) electrons. The normalized spacial score (nSPS) is 24.3. The molecule has 4 heteroatoms. The lowest BCUT2D eigenvalue weighted by molar-refractivity contribution is 0.261. The molecule has 0 saturated heterocycles. The molecule has 1 aliphatic rings. The summed E-state index contributed by atoms with van der Waals surface area (Å²) in [5.74, 6) is 1.78. The predicted octanol–water partition coefficient (Wildman–Crippen LogP) is 0.670. The zero-order valence-corrected chi connectivity index (χ0v) is 11.8. The quantitative estimate of drug-likeness (QED) is 0.433. The Labute approximate surface area is 112 Å². The first-order chi connectivity index (χ1) is 8.86. The fourth-order valence-electron chi connectivity index (χ4n) is 2.71. The lowest BCUT2D eigenvalue weighted by Gasteiger charge is -2.29. The van der Waals surface area contributed by atoms with Crippen LogP contribution in [0.4, 0.5) is 0 Å². The molecule has 6 N–H and O–H groups in total. The molecule has 0 amide bonds. The summed E-state index contributed by atoms with van der Waals surface area (Å²) in [6.45, 7) is 6.14. The molecular weight excluding hydrogens is 224 g/mol. The van der Waals surface area contributed by atoms with E-state index in [1.807, 2.05) is 0 Å². The van der Waals surface area contributed by atoms with Crippen LogP contribution in [0.3, 0.4) is 0 Å². The van der Waals surface area contributed by atoms with E-state index < -0.39 is 0 Å². The van der Waals surface area contributed by atoms with E-state index in [1.54, 1.807) is 0 Å². The van der Waals surface area contributed by atoms with Crippen LogP contribution >= 0.6 is 0 Å². The van der Waals surface area contributed by atoms with Crippen molar-refractivity contribution in [1.82, 2.24) is 10.6 Å². The van der Waals surface area contributed by atoms with Gasteiger partial charge in [-0.3, -0.25) is 0 Å². The molecule has 0 bridgehead atoms. The van der Waals surface area contributed by atoms with Gasteiger partial charge in [-0.05, 0) is 89.6 Å². The minimum atomic E-state index is 0.800. The van der Waals surface area contributed by atoms with Gasteiger partial charge in [0.15, 0.2) is 0 Å². The molecular formula is C14H32N4. The van der Waals surface area contributed by atoms with Gasteiger partial charge in [0.1, 0.15) is 0 Å². The average molecular weight is 256 g/mol. The number of nitrogens with one attached hydrogen (secondary N) is 2. The van der Waals surface area contributed by atoms with Crippen LogP contribution in [0.1, 0.15) is 38.5 Å². The molecule has 1 aliphatic carbocycles. The summed E-state index contributed by atoms with van der Waals surface area (Å²) >= 11 is 0. The van der Waals surface area contributed by atoms with Crippen LogP contribution < -0.4 is 22.1 Å². The van der Waals surface area contributed by atoms with E-state index >= 15 is 0 Å². The summed E-state index contributed by atoms with van der Waals surface area (Å²) in [6.07, 6.45) is 7.75. The summed E-state index contributed by atoms with van der Waals surface area (Å²) in [6, 6.07) is 0. The molecule has 108 valence electrons. The van der Waals surface area contributed by atoms with Crippen molar-refractivity contribution in [3.05, 3.63) is 0 Å². The van der Waals surface area contributed by atoms with Crippen molar-refractivity contribution >= 4 is 0 Å². The van der Waals surface area contributed by atoms with Crippen molar-refractivity contribution in [3.8, 4) is 0 Å². The van der Waals surface area contributed by atoms with E-state index in [4.69, 9.17) is 11.5 Å². The maximum atomic E-state index is 5.48. The van der Waals surface area contributed by atoms with Crippen LogP contribution in [0.2, 0.25) is 0 Å². The fourth-order valence-corrected chi connectivity index (χ4v) is 2.71. The standard InChI is InChI=1S/C14H32N4/c15-7-1-9-17-11-13-3-5-14(6-4-13)12-18-10-2-8-16/h13-14,17-18H,1-12,15-16H2. The highest BCUT2D eigenvalue weighted by Crippen LogP contribution is 2.27. The molecule has 0 aromatic rings. The molecule has 1 fully saturated rings. The molecule has 0 aliphatic heterocycles. The number of hydrogen-bond acceptors (Lipinski definition) is 4. The van der Waals surface area contributed by atoms with Crippen LogP contribution in [0.25, 0.3) is 0 Å². The Kier molecular flexibility index (Phi) is 9.48. The summed E-state index contributed by atoms with van der Waals surface area (Å²) in [4.78, 5) is 0.